The molecule has 132 valence electrons. The van der Waals surface area contributed by atoms with Crippen molar-refractivity contribution in [1.82, 2.24) is 0 Å². The predicted octanol–water partition coefficient (Wildman–Crippen LogP) is 7.54. The molecule has 0 fully saturated rings. The smallest absolute Gasteiger partial charge is 0.122 e. The maximum atomic E-state index is 13.4. The minimum absolute atomic E-state index is 0.0155. The van der Waals surface area contributed by atoms with Crippen molar-refractivity contribution in [2.45, 2.75) is 34.1 Å². The van der Waals surface area contributed by atoms with Gasteiger partial charge in [0.2, 0.25) is 0 Å². The van der Waals surface area contributed by atoms with Gasteiger partial charge in [0, 0.05) is 28.8 Å². The molecule has 1 nitrogen and oxygen atoms in total. The Morgan fingerprint density at radius 1 is 1.33 bits per heavy atom. The van der Waals surface area contributed by atoms with Crippen molar-refractivity contribution in [3.8, 4) is 0 Å². The minimum Gasteiger partial charge on any atom is -0.244 e. The first-order valence-corrected chi connectivity index (χ1v) is 9.38. The number of halogens is 4. The van der Waals surface area contributed by atoms with Gasteiger partial charge in [-0.05, 0) is 47.3 Å². The van der Waals surface area contributed by atoms with Gasteiger partial charge in [-0.25, -0.2) is 13.8 Å². The summed E-state index contributed by atoms with van der Waals surface area (Å²) < 4.78 is 28.4. The Morgan fingerprint density at radius 3 is 2.42 bits per heavy atom. The number of aliphatic imine (C=N–C) groups is 1. The lowest BCUT2D eigenvalue weighted by atomic mass is 9.89. The molecule has 0 amide bonds. The van der Waals surface area contributed by atoms with E-state index in [1.807, 2.05) is 26.0 Å². The Kier molecular flexibility index (Phi) is 8.51. The van der Waals surface area contributed by atoms with Gasteiger partial charge in [0.25, 0.3) is 0 Å². The zero-order valence-electron chi connectivity index (χ0n) is 14.4. The quantitative estimate of drug-likeness (QED) is 0.285. The average molecular weight is 463 g/mol. The number of rotatable bonds is 6. The van der Waals surface area contributed by atoms with E-state index in [1.54, 1.807) is 0 Å². The van der Waals surface area contributed by atoms with Crippen molar-refractivity contribution in [3.05, 3.63) is 58.3 Å². The first-order chi connectivity index (χ1) is 11.1. The van der Waals surface area contributed by atoms with Crippen molar-refractivity contribution in [3.63, 3.8) is 0 Å². The SMILES string of the molecule is C=C(C)/C(Br)=N\C(=C(/C)Br)C(/C=C\C1C=C(F)C=C(F)C1)C(C)C. The summed E-state index contributed by atoms with van der Waals surface area (Å²) in [5.74, 6) is -0.940. The molecule has 0 heterocycles. The number of allylic oxidation sites excluding steroid dienone is 8. The van der Waals surface area contributed by atoms with E-state index < -0.39 is 11.7 Å². The van der Waals surface area contributed by atoms with Gasteiger partial charge in [-0.3, -0.25) is 0 Å². The third kappa shape index (κ3) is 6.60. The van der Waals surface area contributed by atoms with Crippen LogP contribution in [-0.2, 0) is 0 Å². The van der Waals surface area contributed by atoms with E-state index in [4.69, 9.17) is 0 Å². The van der Waals surface area contributed by atoms with E-state index in [9.17, 15) is 8.78 Å². The van der Waals surface area contributed by atoms with E-state index in [1.165, 1.54) is 6.08 Å². The number of hydrogen-bond donors (Lipinski definition) is 0. The zero-order valence-corrected chi connectivity index (χ0v) is 17.6. The zero-order chi connectivity index (χ0) is 18.4. The lowest BCUT2D eigenvalue weighted by Crippen LogP contribution is -2.11. The van der Waals surface area contributed by atoms with Crippen LogP contribution in [-0.4, -0.2) is 4.62 Å². The molecule has 0 saturated heterocycles. The van der Waals surface area contributed by atoms with Gasteiger partial charge < -0.3 is 0 Å². The maximum Gasteiger partial charge on any atom is 0.122 e. The highest BCUT2D eigenvalue weighted by molar-refractivity contribution is 9.18. The van der Waals surface area contributed by atoms with Gasteiger partial charge in [-0.2, -0.15) is 0 Å². The van der Waals surface area contributed by atoms with Crippen molar-refractivity contribution in [2.75, 3.05) is 0 Å². The van der Waals surface area contributed by atoms with Crippen molar-refractivity contribution in [1.29, 1.82) is 0 Å². The van der Waals surface area contributed by atoms with Crippen LogP contribution in [0.1, 0.15) is 34.1 Å². The second-order valence-electron chi connectivity index (χ2n) is 6.27. The summed E-state index contributed by atoms with van der Waals surface area (Å²) in [5.41, 5.74) is 1.70. The second-order valence-corrected chi connectivity index (χ2v) is 8.21. The van der Waals surface area contributed by atoms with Gasteiger partial charge >= 0.3 is 0 Å². The van der Waals surface area contributed by atoms with Crippen LogP contribution in [0.15, 0.2) is 63.3 Å². The van der Waals surface area contributed by atoms with E-state index in [0.29, 0.717) is 4.62 Å². The molecule has 0 bridgehead atoms. The predicted molar refractivity (Wildman–Crippen MR) is 107 cm³/mol. The molecule has 24 heavy (non-hydrogen) atoms. The molecule has 0 N–H and O–H groups in total. The molecule has 0 radical (unpaired) electrons. The fourth-order valence-corrected chi connectivity index (χ4v) is 2.89. The number of hydrogen-bond acceptors (Lipinski definition) is 1. The molecule has 0 saturated carbocycles. The van der Waals surface area contributed by atoms with Crippen LogP contribution < -0.4 is 0 Å². The Balaban J connectivity index is 3.12. The molecule has 0 aromatic carbocycles. The summed E-state index contributed by atoms with van der Waals surface area (Å²) >= 11 is 6.95. The molecular formula is C19H23Br2F2N. The van der Waals surface area contributed by atoms with Crippen LogP contribution in [0.2, 0.25) is 0 Å². The molecule has 2 atom stereocenters. The Labute approximate surface area is 160 Å². The van der Waals surface area contributed by atoms with Crippen LogP contribution in [0.25, 0.3) is 0 Å². The Hall–Kier alpha value is -0.810. The Morgan fingerprint density at radius 2 is 1.96 bits per heavy atom. The van der Waals surface area contributed by atoms with Crippen molar-refractivity contribution >= 4 is 36.5 Å². The van der Waals surface area contributed by atoms with E-state index >= 15 is 0 Å². The third-order valence-electron chi connectivity index (χ3n) is 3.62. The fourth-order valence-electron chi connectivity index (χ4n) is 2.34. The van der Waals surface area contributed by atoms with Crippen LogP contribution in [0.4, 0.5) is 8.78 Å². The lowest BCUT2D eigenvalue weighted by molar-refractivity contribution is 0.508. The van der Waals surface area contributed by atoms with Crippen LogP contribution >= 0.6 is 31.9 Å². The highest BCUT2D eigenvalue weighted by Crippen LogP contribution is 2.32. The van der Waals surface area contributed by atoms with Crippen LogP contribution in [0, 0.1) is 17.8 Å². The fraction of sp³-hybridized carbons (Fsp3) is 0.421. The molecule has 0 aliphatic heterocycles. The van der Waals surface area contributed by atoms with E-state index in [2.05, 4.69) is 57.3 Å². The molecular weight excluding hydrogens is 440 g/mol. The highest BCUT2D eigenvalue weighted by atomic mass is 79.9. The summed E-state index contributed by atoms with van der Waals surface area (Å²) in [7, 11) is 0. The van der Waals surface area contributed by atoms with E-state index in [0.717, 1.165) is 21.8 Å². The molecule has 2 unspecified atom stereocenters. The number of nitrogens with zero attached hydrogens (tertiary/aromatic N) is 1. The minimum atomic E-state index is -0.523. The lowest BCUT2D eigenvalue weighted by Gasteiger charge is -2.20. The first-order valence-electron chi connectivity index (χ1n) is 7.79. The summed E-state index contributed by atoms with van der Waals surface area (Å²) in [5, 5.41) is 0. The Bertz CT molecular complexity index is 636. The van der Waals surface area contributed by atoms with Gasteiger partial charge in [0.15, 0.2) is 0 Å². The molecule has 0 spiro atoms. The van der Waals surface area contributed by atoms with Crippen molar-refractivity contribution < 1.29 is 8.78 Å². The normalized spacial score (nSPS) is 21.5. The molecule has 1 aliphatic carbocycles. The largest absolute Gasteiger partial charge is 0.244 e. The monoisotopic (exact) mass is 461 g/mol. The second kappa shape index (κ2) is 9.62. The molecule has 1 rings (SSSR count). The molecule has 1 aliphatic rings. The maximum absolute atomic E-state index is 13.4. The molecule has 5 heteroatoms. The van der Waals surface area contributed by atoms with Crippen molar-refractivity contribution in [2.24, 2.45) is 22.7 Å². The summed E-state index contributed by atoms with van der Waals surface area (Å²) in [6, 6.07) is 0. The third-order valence-corrected chi connectivity index (χ3v) is 4.88. The van der Waals surface area contributed by atoms with Gasteiger partial charge in [-0.15, -0.1) is 0 Å². The standard InChI is InChI=1S/C19H23Br2F2N/c1-11(2)17(18(13(5)20)24-19(21)12(3)4)7-6-14-8-15(22)10-16(23)9-14/h6-8,10-11,14,17H,3,9H2,1-2,4-5H3/b7-6-,18-13+,24-19+. The average Bonchev–Trinajstić information content (AvgIpc) is 2.44. The van der Waals surface area contributed by atoms with Gasteiger partial charge in [0.1, 0.15) is 16.3 Å². The van der Waals surface area contributed by atoms with Crippen LogP contribution in [0.5, 0.6) is 0 Å². The van der Waals surface area contributed by atoms with Gasteiger partial charge in [-0.1, -0.05) is 48.5 Å². The molecule has 0 aromatic heterocycles. The highest BCUT2D eigenvalue weighted by Gasteiger charge is 2.19. The summed E-state index contributed by atoms with van der Waals surface area (Å²) in [6.45, 7) is 11.9. The first kappa shape index (κ1) is 21.2. The summed E-state index contributed by atoms with van der Waals surface area (Å²) in [4.78, 5) is 4.63. The molecule has 0 aromatic rings. The topological polar surface area (TPSA) is 12.4 Å². The van der Waals surface area contributed by atoms with E-state index in [-0.39, 0.29) is 24.2 Å². The summed E-state index contributed by atoms with van der Waals surface area (Å²) in [6.07, 6.45) is 6.41. The van der Waals surface area contributed by atoms with Gasteiger partial charge in [0.05, 0.1) is 5.70 Å². The van der Waals surface area contributed by atoms with Crippen LogP contribution in [0.3, 0.4) is 0 Å².